The summed E-state index contributed by atoms with van der Waals surface area (Å²) < 4.78 is 8.67. The highest BCUT2D eigenvalue weighted by molar-refractivity contribution is 6.10. The van der Waals surface area contributed by atoms with E-state index >= 15 is 0 Å². The third-order valence-electron chi connectivity index (χ3n) is 7.46. The molecule has 4 aromatic carbocycles. The number of rotatable bonds is 4. The smallest absolute Gasteiger partial charge is 0.216 e. The van der Waals surface area contributed by atoms with Gasteiger partial charge in [0.25, 0.3) is 0 Å². The Morgan fingerprint density at radius 1 is 0.590 bits per heavy atom. The second kappa shape index (κ2) is 9.38. The molecule has 3 heterocycles. The summed E-state index contributed by atoms with van der Waals surface area (Å²) in [6.45, 7) is 2.15. The number of nitrogens with zero attached hydrogens (tertiary/aromatic N) is 2. The fraction of sp³-hybridized carbons (Fsp3) is 0.0556. The summed E-state index contributed by atoms with van der Waals surface area (Å²) in [6, 6.07) is 42.3. The maximum Gasteiger partial charge on any atom is 0.216 e. The van der Waals surface area contributed by atoms with E-state index in [1.165, 1.54) is 5.56 Å². The number of furan rings is 1. The van der Waals surface area contributed by atoms with Gasteiger partial charge in [0.15, 0.2) is 6.20 Å². The zero-order chi connectivity index (χ0) is 26.3. The number of fused-ring (bicyclic) bond motifs is 3. The van der Waals surface area contributed by atoms with Gasteiger partial charge in [-0.15, -0.1) is 0 Å². The average Bonchev–Trinajstić information content (AvgIpc) is 3.36. The Balaban J connectivity index is 1.44. The van der Waals surface area contributed by atoms with Crippen molar-refractivity contribution in [3.8, 4) is 44.9 Å². The van der Waals surface area contributed by atoms with Crippen molar-refractivity contribution >= 4 is 21.9 Å². The molecule has 0 spiro atoms. The van der Waals surface area contributed by atoms with Crippen LogP contribution in [0.25, 0.3) is 66.8 Å². The molecule has 0 atom stereocenters. The number of hydrogen-bond donors (Lipinski definition) is 0. The van der Waals surface area contributed by atoms with E-state index < -0.39 is 0 Å². The topological polar surface area (TPSA) is 29.9 Å². The predicted molar refractivity (Wildman–Crippen MR) is 159 cm³/mol. The van der Waals surface area contributed by atoms with Crippen molar-refractivity contribution in [1.82, 2.24) is 4.98 Å². The summed E-state index contributed by atoms with van der Waals surface area (Å²) in [5, 5.41) is 2.23. The minimum atomic E-state index is 0.889. The van der Waals surface area contributed by atoms with Crippen molar-refractivity contribution in [1.29, 1.82) is 0 Å². The molecule has 0 bridgehead atoms. The van der Waals surface area contributed by atoms with Crippen LogP contribution in [0.5, 0.6) is 0 Å². The van der Waals surface area contributed by atoms with Gasteiger partial charge >= 0.3 is 0 Å². The van der Waals surface area contributed by atoms with Gasteiger partial charge in [-0.1, -0.05) is 78.9 Å². The van der Waals surface area contributed by atoms with E-state index in [-0.39, 0.29) is 0 Å². The molecule has 7 aromatic rings. The molecule has 0 aliphatic rings. The third-order valence-corrected chi connectivity index (χ3v) is 7.46. The minimum Gasteiger partial charge on any atom is -0.455 e. The molecule has 3 heteroatoms. The lowest BCUT2D eigenvalue weighted by Crippen LogP contribution is -2.30. The minimum absolute atomic E-state index is 0.889. The van der Waals surface area contributed by atoms with Crippen LogP contribution in [0, 0.1) is 6.92 Å². The molecule has 0 amide bonds. The summed E-state index contributed by atoms with van der Waals surface area (Å²) in [4.78, 5) is 5.04. The van der Waals surface area contributed by atoms with E-state index in [0.717, 1.165) is 66.8 Å². The second-order valence-electron chi connectivity index (χ2n) is 10.0. The molecule has 39 heavy (non-hydrogen) atoms. The number of hydrogen-bond acceptors (Lipinski definition) is 2. The van der Waals surface area contributed by atoms with Crippen LogP contribution < -0.4 is 4.57 Å². The highest BCUT2D eigenvalue weighted by Crippen LogP contribution is 2.39. The first-order valence-corrected chi connectivity index (χ1v) is 13.2. The fourth-order valence-electron chi connectivity index (χ4n) is 5.43. The van der Waals surface area contributed by atoms with Gasteiger partial charge < -0.3 is 4.42 Å². The standard InChI is InChI=1S/C36H27N2O/c1-24-16-18-29-30-21-27(17-19-34(30)39-36(29)35(24)33-15-9-10-20-38(33)2)28-22-31(25-11-5-3-6-12-25)37-32(23-28)26-13-7-4-8-14-26/h3-23H,1-2H3/q+1. The summed E-state index contributed by atoms with van der Waals surface area (Å²) in [5.41, 5.74) is 11.6. The van der Waals surface area contributed by atoms with Gasteiger partial charge in [0, 0.05) is 34.0 Å². The first-order chi connectivity index (χ1) is 19.2. The molecular formula is C36H27N2O+. The van der Waals surface area contributed by atoms with Gasteiger partial charge in [0.1, 0.15) is 18.2 Å². The molecular weight excluding hydrogens is 476 g/mol. The van der Waals surface area contributed by atoms with Crippen LogP contribution in [-0.2, 0) is 7.05 Å². The maximum atomic E-state index is 6.53. The van der Waals surface area contributed by atoms with Crippen molar-refractivity contribution in [3.05, 3.63) is 133 Å². The van der Waals surface area contributed by atoms with E-state index in [4.69, 9.17) is 9.40 Å². The summed E-state index contributed by atoms with van der Waals surface area (Å²) >= 11 is 0. The molecule has 0 N–H and O–H groups in total. The van der Waals surface area contributed by atoms with Crippen LogP contribution in [0.15, 0.2) is 132 Å². The molecule has 0 saturated heterocycles. The lowest BCUT2D eigenvalue weighted by atomic mass is 9.97. The zero-order valence-electron chi connectivity index (χ0n) is 21.9. The SMILES string of the molecule is Cc1ccc2c(oc3ccc(-c4cc(-c5ccccc5)nc(-c5ccccc5)c4)cc32)c1-c1cccc[n+]1C. The van der Waals surface area contributed by atoms with Crippen molar-refractivity contribution in [3.63, 3.8) is 0 Å². The lowest BCUT2D eigenvalue weighted by molar-refractivity contribution is -0.660. The van der Waals surface area contributed by atoms with E-state index in [9.17, 15) is 0 Å². The summed E-state index contributed by atoms with van der Waals surface area (Å²) in [5.74, 6) is 0. The van der Waals surface area contributed by atoms with Gasteiger partial charge in [-0.05, 0) is 53.9 Å². The fourth-order valence-corrected chi connectivity index (χ4v) is 5.43. The summed E-state index contributed by atoms with van der Waals surface area (Å²) in [7, 11) is 2.08. The van der Waals surface area contributed by atoms with Crippen molar-refractivity contribution in [2.24, 2.45) is 7.05 Å². The maximum absolute atomic E-state index is 6.53. The Bertz CT molecular complexity index is 1910. The Morgan fingerprint density at radius 3 is 1.92 bits per heavy atom. The first kappa shape index (κ1) is 23.1. The quantitative estimate of drug-likeness (QED) is 0.225. The van der Waals surface area contributed by atoms with Gasteiger partial charge in [0.05, 0.1) is 17.0 Å². The number of aromatic nitrogens is 2. The van der Waals surface area contributed by atoms with E-state index in [0.29, 0.717) is 0 Å². The van der Waals surface area contributed by atoms with Crippen LogP contribution in [-0.4, -0.2) is 4.98 Å². The molecule has 0 aliphatic heterocycles. The molecule has 0 saturated carbocycles. The number of pyridine rings is 2. The lowest BCUT2D eigenvalue weighted by Gasteiger charge is -2.10. The summed E-state index contributed by atoms with van der Waals surface area (Å²) in [6.07, 6.45) is 2.08. The molecule has 0 unspecified atom stereocenters. The first-order valence-electron chi connectivity index (χ1n) is 13.2. The van der Waals surface area contributed by atoms with Crippen LogP contribution >= 0.6 is 0 Å². The second-order valence-corrected chi connectivity index (χ2v) is 10.0. The molecule has 7 rings (SSSR count). The van der Waals surface area contributed by atoms with Crippen molar-refractivity contribution in [2.75, 3.05) is 0 Å². The monoisotopic (exact) mass is 503 g/mol. The molecule has 3 nitrogen and oxygen atoms in total. The van der Waals surface area contributed by atoms with E-state index in [1.54, 1.807) is 0 Å². The third kappa shape index (κ3) is 4.09. The average molecular weight is 504 g/mol. The molecule has 0 aliphatic carbocycles. The largest absolute Gasteiger partial charge is 0.455 e. The Hall–Kier alpha value is -5.02. The molecule has 0 radical (unpaired) electrons. The van der Waals surface area contributed by atoms with Crippen molar-refractivity contribution in [2.45, 2.75) is 6.92 Å². The van der Waals surface area contributed by atoms with Crippen LogP contribution in [0.1, 0.15) is 5.56 Å². The molecule has 186 valence electrons. The zero-order valence-corrected chi connectivity index (χ0v) is 21.9. The van der Waals surface area contributed by atoms with Crippen LogP contribution in [0.2, 0.25) is 0 Å². The van der Waals surface area contributed by atoms with Gasteiger partial charge in [-0.2, -0.15) is 0 Å². The van der Waals surface area contributed by atoms with E-state index in [1.807, 2.05) is 18.2 Å². The Labute approximate surface area is 227 Å². The number of aryl methyl sites for hydroxylation is 2. The van der Waals surface area contributed by atoms with Crippen LogP contribution in [0.4, 0.5) is 0 Å². The van der Waals surface area contributed by atoms with Crippen LogP contribution in [0.3, 0.4) is 0 Å². The van der Waals surface area contributed by atoms with Gasteiger partial charge in [-0.3, -0.25) is 0 Å². The van der Waals surface area contributed by atoms with Crippen molar-refractivity contribution < 1.29 is 8.98 Å². The number of benzene rings is 4. The highest BCUT2D eigenvalue weighted by atomic mass is 16.3. The van der Waals surface area contributed by atoms with Gasteiger partial charge in [-0.25, -0.2) is 9.55 Å². The normalized spacial score (nSPS) is 11.3. The van der Waals surface area contributed by atoms with Gasteiger partial charge in [0.2, 0.25) is 5.69 Å². The molecule has 0 fully saturated rings. The highest BCUT2D eigenvalue weighted by Gasteiger charge is 2.20. The predicted octanol–water partition coefficient (Wildman–Crippen LogP) is 8.78. The Morgan fingerprint density at radius 2 is 1.26 bits per heavy atom. The Kier molecular flexibility index (Phi) is 5.56. The molecule has 3 aromatic heterocycles. The van der Waals surface area contributed by atoms with E-state index in [2.05, 4.69) is 128 Å².